The number of hydrogen-bond acceptors (Lipinski definition) is 1. The van der Waals surface area contributed by atoms with E-state index in [4.69, 9.17) is 0 Å². The van der Waals surface area contributed by atoms with Crippen LogP contribution in [-0.2, 0) is 11.8 Å². The van der Waals surface area contributed by atoms with Gasteiger partial charge in [0.05, 0.1) is 11.1 Å². The van der Waals surface area contributed by atoms with Crippen LogP contribution in [0.15, 0.2) is 291 Å². The summed E-state index contributed by atoms with van der Waals surface area (Å²) in [7, 11) is 0. The molecule has 0 aromatic heterocycles. The van der Waals surface area contributed by atoms with E-state index >= 15 is 0 Å². The van der Waals surface area contributed by atoms with E-state index in [-0.39, 0.29) is 0 Å². The first-order valence-corrected chi connectivity index (χ1v) is 26.8. The van der Waals surface area contributed by atoms with Crippen LogP contribution in [0.4, 0.5) is 17.1 Å². The van der Waals surface area contributed by atoms with Crippen molar-refractivity contribution in [2.75, 3.05) is 4.90 Å². The minimum atomic E-state index is -0.540. The summed E-state index contributed by atoms with van der Waals surface area (Å²) in [6.45, 7) is 2.11. The number of allylic oxidation sites excluding steroid dienone is 4. The van der Waals surface area contributed by atoms with Crippen LogP contribution in [0.25, 0.3) is 61.2 Å². The summed E-state index contributed by atoms with van der Waals surface area (Å²) >= 11 is 0. The van der Waals surface area contributed by atoms with Crippen molar-refractivity contribution in [2.24, 2.45) is 0 Å². The number of benzene rings is 11. The summed E-state index contributed by atoms with van der Waals surface area (Å²) in [5.74, 6) is 0. The van der Waals surface area contributed by atoms with Gasteiger partial charge in [0.1, 0.15) is 0 Å². The maximum atomic E-state index is 2.53. The molecule has 1 nitrogen and oxygen atoms in total. The SMILES string of the molecule is C1=CC(c2ccc(N(c3ccc(-c4ccccc4)cc3)c3cccc4c3C3(c5ccccc5-c5ccccc53)c3cc(Cc5ccc(-c6ccccc6)cc5)ccc3-4)cc2)=CCC1.Cc1ccc(-c2ccccc2)cc1. The molecule has 11 aromatic carbocycles. The molecule has 76 heavy (non-hydrogen) atoms. The molecule has 3 aliphatic carbocycles. The van der Waals surface area contributed by atoms with Gasteiger partial charge in [0, 0.05) is 16.9 Å². The molecule has 0 fully saturated rings. The topological polar surface area (TPSA) is 3.24 Å². The molecule has 11 aromatic rings. The van der Waals surface area contributed by atoms with Crippen molar-refractivity contribution in [3.63, 3.8) is 0 Å². The van der Waals surface area contributed by atoms with Crippen molar-refractivity contribution >= 4 is 22.6 Å². The van der Waals surface area contributed by atoms with E-state index in [1.54, 1.807) is 0 Å². The summed E-state index contributed by atoms with van der Waals surface area (Å²) in [5.41, 5.74) is 27.4. The summed E-state index contributed by atoms with van der Waals surface area (Å²) in [6.07, 6.45) is 9.96. The Hall–Kier alpha value is -9.30. The van der Waals surface area contributed by atoms with Crippen molar-refractivity contribution in [3.05, 3.63) is 336 Å². The average molecular weight is 972 g/mol. The van der Waals surface area contributed by atoms with Crippen LogP contribution in [0.5, 0.6) is 0 Å². The quantitative estimate of drug-likeness (QED) is 0.139. The van der Waals surface area contributed by atoms with E-state index in [9.17, 15) is 0 Å². The van der Waals surface area contributed by atoms with E-state index in [2.05, 4.69) is 297 Å². The predicted octanol–water partition coefficient (Wildman–Crippen LogP) is 19.8. The fourth-order valence-electron chi connectivity index (χ4n) is 12.1. The lowest BCUT2D eigenvalue weighted by atomic mass is 9.69. The van der Waals surface area contributed by atoms with Crippen molar-refractivity contribution in [1.29, 1.82) is 0 Å². The van der Waals surface area contributed by atoms with Crippen LogP contribution in [-0.4, -0.2) is 0 Å². The Kier molecular flexibility index (Phi) is 12.4. The molecule has 0 unspecified atom stereocenters. The number of nitrogens with zero attached hydrogens (tertiary/aromatic N) is 1. The van der Waals surface area contributed by atoms with Gasteiger partial charge in [-0.25, -0.2) is 0 Å². The molecule has 0 radical (unpaired) electrons. The highest BCUT2D eigenvalue weighted by atomic mass is 15.1. The van der Waals surface area contributed by atoms with Crippen LogP contribution in [0.3, 0.4) is 0 Å². The van der Waals surface area contributed by atoms with E-state index in [0.29, 0.717) is 0 Å². The number of hydrogen-bond donors (Lipinski definition) is 0. The van der Waals surface area contributed by atoms with Crippen LogP contribution in [0.2, 0.25) is 0 Å². The molecule has 0 amide bonds. The monoisotopic (exact) mass is 971 g/mol. The summed E-state index contributed by atoms with van der Waals surface area (Å²) < 4.78 is 0. The van der Waals surface area contributed by atoms with Crippen molar-refractivity contribution in [1.82, 2.24) is 0 Å². The van der Waals surface area contributed by atoms with Crippen LogP contribution >= 0.6 is 0 Å². The largest absolute Gasteiger partial charge is 0.310 e. The van der Waals surface area contributed by atoms with E-state index in [1.807, 2.05) is 6.07 Å². The van der Waals surface area contributed by atoms with E-state index < -0.39 is 5.41 Å². The molecular weight excluding hydrogens is 915 g/mol. The molecule has 0 aliphatic heterocycles. The van der Waals surface area contributed by atoms with Gasteiger partial charge in [-0.3, -0.25) is 0 Å². The lowest BCUT2D eigenvalue weighted by Gasteiger charge is -2.36. The van der Waals surface area contributed by atoms with Gasteiger partial charge in [-0.2, -0.15) is 0 Å². The predicted molar refractivity (Wildman–Crippen MR) is 321 cm³/mol. The molecule has 0 bridgehead atoms. The highest BCUT2D eigenvalue weighted by Gasteiger charge is 2.53. The van der Waals surface area contributed by atoms with Crippen molar-refractivity contribution in [3.8, 4) is 55.6 Å². The second-order valence-corrected chi connectivity index (χ2v) is 20.3. The number of rotatable bonds is 9. The summed E-state index contributed by atoms with van der Waals surface area (Å²) in [5, 5.41) is 0. The molecule has 0 atom stereocenters. The minimum absolute atomic E-state index is 0.540. The normalized spacial score (nSPS) is 13.1. The van der Waals surface area contributed by atoms with Gasteiger partial charge in [0.25, 0.3) is 0 Å². The van der Waals surface area contributed by atoms with Gasteiger partial charge in [-0.05, 0) is 151 Å². The standard InChI is InChI=1S/C62H45N.C13H12/c1-4-15-45(16-5-1)48-30-27-43(28-31-48)41-44-29-40-55-56-23-14-26-60(61(56)62(59(55)42-44)57-24-12-10-21-53(57)54-22-11-13-25-58(54)62)63(51-36-32-49(33-37-51)46-17-6-2-7-18-46)52-38-34-50(35-39-52)47-19-8-3-9-20-47;1-11-7-9-13(10-8-11)12-5-3-2-4-6-12/h1-2,4-8,10-40,42H,3,9,41H2;2-10H,1H3. The zero-order valence-electron chi connectivity index (χ0n) is 42.8. The zero-order valence-corrected chi connectivity index (χ0v) is 42.8. The maximum Gasteiger partial charge on any atom is 0.0746 e. The Bertz CT molecular complexity index is 3860. The van der Waals surface area contributed by atoms with Crippen LogP contribution in [0, 0.1) is 6.92 Å². The molecule has 0 saturated carbocycles. The molecule has 1 heteroatoms. The van der Waals surface area contributed by atoms with Crippen LogP contribution in [0.1, 0.15) is 57.3 Å². The summed E-state index contributed by atoms with van der Waals surface area (Å²) in [4.78, 5) is 2.51. The first kappa shape index (κ1) is 46.5. The minimum Gasteiger partial charge on any atom is -0.310 e. The Balaban J connectivity index is 0.000000372. The molecule has 0 saturated heterocycles. The zero-order chi connectivity index (χ0) is 50.8. The van der Waals surface area contributed by atoms with E-state index in [1.165, 1.54) is 111 Å². The fourth-order valence-corrected chi connectivity index (χ4v) is 12.1. The second kappa shape index (κ2) is 20.2. The molecule has 0 heterocycles. The Labute approximate surface area is 448 Å². The molecule has 0 N–H and O–H groups in total. The van der Waals surface area contributed by atoms with E-state index in [0.717, 1.165) is 30.6 Å². The molecule has 1 spiro atoms. The summed E-state index contributed by atoms with van der Waals surface area (Å²) in [6, 6.07) is 100. The van der Waals surface area contributed by atoms with Crippen molar-refractivity contribution in [2.45, 2.75) is 31.6 Å². The molecule has 3 aliphatic rings. The number of anilines is 3. The Morgan fingerprint density at radius 1 is 0.355 bits per heavy atom. The third-order valence-corrected chi connectivity index (χ3v) is 15.7. The maximum absolute atomic E-state index is 2.53. The second-order valence-electron chi connectivity index (χ2n) is 20.3. The molecule has 362 valence electrons. The third-order valence-electron chi connectivity index (χ3n) is 15.7. The molecule has 14 rings (SSSR count). The third kappa shape index (κ3) is 8.50. The average Bonchev–Trinajstić information content (AvgIpc) is 4.12. The molecular formula is C75H57N. The number of aryl methyl sites for hydroxylation is 1. The highest BCUT2D eigenvalue weighted by molar-refractivity contribution is 6.00. The number of fused-ring (bicyclic) bond motifs is 10. The van der Waals surface area contributed by atoms with Gasteiger partial charge in [-0.1, -0.05) is 266 Å². The van der Waals surface area contributed by atoms with Crippen LogP contribution < -0.4 is 4.90 Å². The Morgan fingerprint density at radius 3 is 1.34 bits per heavy atom. The first-order valence-electron chi connectivity index (χ1n) is 26.8. The smallest absolute Gasteiger partial charge is 0.0746 e. The van der Waals surface area contributed by atoms with Crippen molar-refractivity contribution < 1.29 is 0 Å². The lowest BCUT2D eigenvalue weighted by molar-refractivity contribution is 0.791. The van der Waals surface area contributed by atoms with Gasteiger partial charge in [-0.15, -0.1) is 0 Å². The van der Waals surface area contributed by atoms with Gasteiger partial charge in [0.2, 0.25) is 0 Å². The Morgan fingerprint density at radius 2 is 0.803 bits per heavy atom. The van der Waals surface area contributed by atoms with Gasteiger partial charge >= 0.3 is 0 Å². The van der Waals surface area contributed by atoms with Gasteiger partial charge < -0.3 is 4.90 Å². The lowest BCUT2D eigenvalue weighted by Crippen LogP contribution is -2.28. The fraction of sp³-hybridized carbons (Fsp3) is 0.0667. The first-order chi connectivity index (χ1) is 37.6. The van der Waals surface area contributed by atoms with Gasteiger partial charge in [0.15, 0.2) is 0 Å². The highest BCUT2D eigenvalue weighted by Crippen LogP contribution is 2.65.